The summed E-state index contributed by atoms with van der Waals surface area (Å²) in [5.41, 5.74) is 8.25. The third-order valence-electron chi connectivity index (χ3n) is 3.55. The number of carbonyl (C=O) groups excluding carboxylic acids is 1. The Labute approximate surface area is 124 Å². The highest BCUT2D eigenvalue weighted by atomic mass is 19.1. The van der Waals surface area contributed by atoms with Gasteiger partial charge in [0, 0.05) is 6.42 Å². The van der Waals surface area contributed by atoms with Crippen molar-refractivity contribution in [3.8, 4) is 11.1 Å². The first kappa shape index (κ1) is 15.2. The minimum atomic E-state index is -0.254. The Balaban J connectivity index is 2.09. The maximum atomic E-state index is 13.3. The van der Waals surface area contributed by atoms with Crippen LogP contribution in [0.1, 0.15) is 25.3 Å². The Morgan fingerprint density at radius 2 is 1.81 bits per heavy atom. The molecule has 2 aromatic rings. The first-order valence-electron chi connectivity index (χ1n) is 7.18. The van der Waals surface area contributed by atoms with Crippen LogP contribution in [0.15, 0.2) is 48.5 Å². The Hall–Kier alpha value is -2.16. The zero-order chi connectivity index (χ0) is 15.2. The van der Waals surface area contributed by atoms with Gasteiger partial charge in [-0.1, -0.05) is 43.3 Å². The van der Waals surface area contributed by atoms with Crippen LogP contribution in [0.25, 0.3) is 11.1 Å². The molecule has 0 saturated carbocycles. The lowest BCUT2D eigenvalue weighted by Gasteiger charge is -2.11. The van der Waals surface area contributed by atoms with E-state index >= 15 is 0 Å². The third-order valence-corrected chi connectivity index (χ3v) is 3.55. The van der Waals surface area contributed by atoms with Crippen molar-refractivity contribution in [2.24, 2.45) is 11.7 Å². The van der Waals surface area contributed by atoms with E-state index in [2.05, 4.69) is 19.1 Å². The smallest absolute Gasteiger partial charge is 0.217 e. The van der Waals surface area contributed by atoms with E-state index in [9.17, 15) is 9.18 Å². The molecule has 0 radical (unpaired) electrons. The van der Waals surface area contributed by atoms with Crippen LogP contribution in [-0.2, 0) is 11.2 Å². The molecule has 3 heteroatoms. The predicted octanol–water partition coefficient (Wildman–Crippen LogP) is 3.94. The lowest BCUT2D eigenvalue weighted by Crippen LogP contribution is -2.12. The first-order chi connectivity index (χ1) is 10.0. The zero-order valence-corrected chi connectivity index (χ0v) is 12.2. The number of halogens is 1. The van der Waals surface area contributed by atoms with Crippen LogP contribution in [0.4, 0.5) is 4.39 Å². The Kier molecular flexibility index (Phi) is 5.09. The van der Waals surface area contributed by atoms with Crippen molar-refractivity contribution < 1.29 is 9.18 Å². The number of primary amides is 1. The van der Waals surface area contributed by atoms with Gasteiger partial charge in [0.2, 0.25) is 5.91 Å². The maximum Gasteiger partial charge on any atom is 0.217 e. The van der Waals surface area contributed by atoms with Crippen molar-refractivity contribution in [1.82, 2.24) is 0 Å². The quantitative estimate of drug-likeness (QED) is 0.858. The summed E-state index contributed by atoms with van der Waals surface area (Å²) in [6.07, 6.45) is 2.10. The minimum absolute atomic E-state index is 0.229. The first-order valence-corrected chi connectivity index (χ1v) is 7.18. The fourth-order valence-corrected chi connectivity index (χ4v) is 2.44. The highest BCUT2D eigenvalue weighted by molar-refractivity contribution is 5.73. The molecule has 0 fully saturated rings. The van der Waals surface area contributed by atoms with Crippen molar-refractivity contribution in [1.29, 1.82) is 0 Å². The molecule has 1 atom stereocenters. The van der Waals surface area contributed by atoms with Gasteiger partial charge in [-0.15, -0.1) is 0 Å². The fourth-order valence-electron chi connectivity index (χ4n) is 2.44. The summed E-state index contributed by atoms with van der Waals surface area (Å²) in [4.78, 5) is 10.8. The van der Waals surface area contributed by atoms with E-state index in [0.717, 1.165) is 24.0 Å². The molecule has 1 amide bonds. The molecule has 0 saturated heterocycles. The standard InChI is InChI=1S/C18H20FNO/c1-13(8-9-18(20)21)10-14-4-2-5-15(11-14)16-6-3-7-17(19)12-16/h2-7,11-13H,8-10H2,1H3,(H2,20,21). The number of hydrogen-bond acceptors (Lipinski definition) is 1. The lowest BCUT2D eigenvalue weighted by molar-refractivity contribution is -0.118. The minimum Gasteiger partial charge on any atom is -0.370 e. The van der Waals surface area contributed by atoms with Gasteiger partial charge in [-0.3, -0.25) is 4.79 Å². The second-order valence-electron chi connectivity index (χ2n) is 5.53. The van der Waals surface area contributed by atoms with Crippen molar-refractivity contribution in [2.75, 3.05) is 0 Å². The molecule has 0 aromatic heterocycles. The van der Waals surface area contributed by atoms with Crippen molar-refractivity contribution in [3.63, 3.8) is 0 Å². The third kappa shape index (κ3) is 4.71. The monoisotopic (exact) mass is 285 g/mol. The Bertz CT molecular complexity index is 624. The van der Waals surface area contributed by atoms with Gasteiger partial charge in [0.25, 0.3) is 0 Å². The van der Waals surface area contributed by atoms with Crippen LogP contribution in [-0.4, -0.2) is 5.91 Å². The molecular weight excluding hydrogens is 265 g/mol. The Morgan fingerprint density at radius 3 is 2.48 bits per heavy atom. The van der Waals surface area contributed by atoms with Crippen molar-refractivity contribution in [2.45, 2.75) is 26.2 Å². The van der Waals surface area contributed by atoms with Crippen molar-refractivity contribution in [3.05, 3.63) is 59.9 Å². The average Bonchev–Trinajstić information content (AvgIpc) is 2.45. The molecule has 110 valence electrons. The van der Waals surface area contributed by atoms with Crippen LogP contribution >= 0.6 is 0 Å². The molecule has 1 unspecified atom stereocenters. The second-order valence-corrected chi connectivity index (χ2v) is 5.53. The molecule has 2 nitrogen and oxygen atoms in total. The molecule has 21 heavy (non-hydrogen) atoms. The lowest BCUT2D eigenvalue weighted by atomic mass is 9.94. The van der Waals surface area contributed by atoms with Gasteiger partial charge in [0.05, 0.1) is 0 Å². The number of carbonyl (C=O) groups is 1. The van der Waals surface area contributed by atoms with E-state index in [-0.39, 0.29) is 11.7 Å². The highest BCUT2D eigenvalue weighted by Crippen LogP contribution is 2.23. The summed E-state index contributed by atoms with van der Waals surface area (Å²) >= 11 is 0. The molecule has 0 aliphatic carbocycles. The topological polar surface area (TPSA) is 43.1 Å². The SMILES string of the molecule is CC(CCC(N)=O)Cc1cccc(-c2cccc(F)c2)c1. The largest absolute Gasteiger partial charge is 0.370 e. The van der Waals surface area contributed by atoms with Gasteiger partial charge in [-0.25, -0.2) is 4.39 Å². The molecule has 0 aliphatic rings. The second kappa shape index (κ2) is 7.02. The molecule has 0 bridgehead atoms. The fraction of sp³-hybridized carbons (Fsp3) is 0.278. The normalized spacial score (nSPS) is 12.1. The highest BCUT2D eigenvalue weighted by Gasteiger charge is 2.07. The number of benzene rings is 2. The molecule has 0 heterocycles. The molecule has 0 spiro atoms. The van der Waals surface area contributed by atoms with Crippen LogP contribution in [0, 0.1) is 11.7 Å². The van der Waals surface area contributed by atoms with Gasteiger partial charge in [0.1, 0.15) is 5.82 Å². The van der Waals surface area contributed by atoms with E-state index in [1.54, 1.807) is 6.07 Å². The zero-order valence-electron chi connectivity index (χ0n) is 12.2. The average molecular weight is 285 g/mol. The summed E-state index contributed by atoms with van der Waals surface area (Å²) in [7, 11) is 0. The van der Waals surface area contributed by atoms with Gasteiger partial charge in [-0.05, 0) is 47.6 Å². The van der Waals surface area contributed by atoms with Crippen LogP contribution in [0.3, 0.4) is 0 Å². The van der Waals surface area contributed by atoms with Crippen LogP contribution in [0.2, 0.25) is 0 Å². The van der Waals surface area contributed by atoms with Crippen LogP contribution < -0.4 is 5.73 Å². The number of nitrogens with two attached hydrogens (primary N) is 1. The van der Waals surface area contributed by atoms with E-state index in [0.29, 0.717) is 12.3 Å². The summed E-state index contributed by atoms with van der Waals surface area (Å²) in [5.74, 6) is -0.0941. The summed E-state index contributed by atoms with van der Waals surface area (Å²) in [6.45, 7) is 2.11. The summed E-state index contributed by atoms with van der Waals surface area (Å²) < 4.78 is 13.3. The van der Waals surface area contributed by atoms with Crippen molar-refractivity contribution >= 4 is 5.91 Å². The van der Waals surface area contributed by atoms with Crippen LogP contribution in [0.5, 0.6) is 0 Å². The van der Waals surface area contributed by atoms with E-state index in [1.165, 1.54) is 17.7 Å². The van der Waals surface area contributed by atoms with E-state index < -0.39 is 0 Å². The number of rotatable bonds is 6. The maximum absolute atomic E-state index is 13.3. The van der Waals surface area contributed by atoms with Gasteiger partial charge >= 0.3 is 0 Å². The summed E-state index contributed by atoms with van der Waals surface area (Å²) in [6, 6.07) is 14.7. The Morgan fingerprint density at radius 1 is 1.14 bits per heavy atom. The predicted molar refractivity (Wildman–Crippen MR) is 83.1 cm³/mol. The number of hydrogen-bond donors (Lipinski definition) is 1. The molecular formula is C18H20FNO. The molecule has 2 N–H and O–H groups in total. The summed E-state index contributed by atoms with van der Waals surface area (Å²) in [5, 5.41) is 0. The van der Waals surface area contributed by atoms with Gasteiger partial charge < -0.3 is 5.73 Å². The van der Waals surface area contributed by atoms with E-state index in [1.807, 2.05) is 18.2 Å². The van der Waals surface area contributed by atoms with E-state index in [4.69, 9.17) is 5.73 Å². The van der Waals surface area contributed by atoms with Gasteiger partial charge in [-0.2, -0.15) is 0 Å². The molecule has 2 rings (SSSR count). The molecule has 0 aliphatic heterocycles. The molecule has 2 aromatic carbocycles. The number of amides is 1. The van der Waals surface area contributed by atoms with Gasteiger partial charge in [0.15, 0.2) is 0 Å².